The molecular formula is C16H32N2O2S. The zero-order valence-electron chi connectivity index (χ0n) is 13.7. The Morgan fingerprint density at radius 2 is 1.71 bits per heavy atom. The summed E-state index contributed by atoms with van der Waals surface area (Å²) < 4.78 is 27.5. The molecule has 2 saturated carbocycles. The Balaban J connectivity index is 2.17. The molecule has 124 valence electrons. The number of nitrogens with zero attached hydrogens (tertiary/aromatic N) is 1. The number of nitrogens with two attached hydrogens (primary N) is 1. The zero-order valence-corrected chi connectivity index (χ0v) is 14.5. The van der Waals surface area contributed by atoms with Crippen molar-refractivity contribution < 1.29 is 8.42 Å². The lowest BCUT2D eigenvalue weighted by Crippen LogP contribution is -2.58. The van der Waals surface area contributed by atoms with Crippen molar-refractivity contribution in [2.75, 3.05) is 18.8 Å². The van der Waals surface area contributed by atoms with E-state index in [-0.39, 0.29) is 5.54 Å². The maximum absolute atomic E-state index is 12.9. The Morgan fingerprint density at radius 3 is 2.14 bits per heavy atom. The van der Waals surface area contributed by atoms with Gasteiger partial charge in [-0.25, -0.2) is 8.42 Å². The van der Waals surface area contributed by atoms with Gasteiger partial charge in [0.2, 0.25) is 10.0 Å². The maximum Gasteiger partial charge on any atom is 0.214 e. The van der Waals surface area contributed by atoms with Crippen LogP contribution in [0.15, 0.2) is 0 Å². The van der Waals surface area contributed by atoms with Crippen LogP contribution in [0.4, 0.5) is 0 Å². The minimum atomic E-state index is -3.16. The molecule has 0 aliphatic heterocycles. The number of sulfonamides is 1. The van der Waals surface area contributed by atoms with Crippen LogP contribution in [0.5, 0.6) is 0 Å². The van der Waals surface area contributed by atoms with Crippen LogP contribution in [0.25, 0.3) is 0 Å². The third-order valence-corrected chi connectivity index (χ3v) is 7.56. The van der Waals surface area contributed by atoms with Crippen molar-refractivity contribution in [2.45, 2.75) is 70.8 Å². The molecule has 5 heteroatoms. The van der Waals surface area contributed by atoms with Crippen molar-refractivity contribution >= 4 is 10.0 Å². The van der Waals surface area contributed by atoms with Gasteiger partial charge in [-0.05, 0) is 56.8 Å². The maximum atomic E-state index is 12.9. The molecule has 2 fully saturated rings. The van der Waals surface area contributed by atoms with Gasteiger partial charge >= 0.3 is 0 Å². The van der Waals surface area contributed by atoms with Gasteiger partial charge in [0.05, 0.1) is 5.75 Å². The fourth-order valence-corrected chi connectivity index (χ4v) is 6.14. The van der Waals surface area contributed by atoms with Crippen LogP contribution in [0, 0.1) is 11.8 Å². The van der Waals surface area contributed by atoms with Gasteiger partial charge in [-0.1, -0.05) is 20.3 Å². The molecule has 2 aliphatic carbocycles. The van der Waals surface area contributed by atoms with Crippen LogP contribution in [-0.4, -0.2) is 37.1 Å². The molecule has 0 bridgehead atoms. The van der Waals surface area contributed by atoms with Gasteiger partial charge in [-0.3, -0.25) is 0 Å². The third-order valence-electron chi connectivity index (χ3n) is 5.43. The molecule has 4 nitrogen and oxygen atoms in total. The van der Waals surface area contributed by atoms with Crippen molar-refractivity contribution in [2.24, 2.45) is 17.6 Å². The van der Waals surface area contributed by atoms with E-state index < -0.39 is 10.0 Å². The van der Waals surface area contributed by atoms with E-state index in [0.717, 1.165) is 50.9 Å². The summed E-state index contributed by atoms with van der Waals surface area (Å²) in [4.78, 5) is 0. The topological polar surface area (TPSA) is 63.4 Å². The molecule has 0 aromatic heterocycles. The second-order valence-corrected chi connectivity index (χ2v) is 9.01. The van der Waals surface area contributed by atoms with E-state index in [1.165, 1.54) is 6.42 Å². The molecule has 0 saturated heterocycles. The largest absolute Gasteiger partial charge is 0.329 e. The summed E-state index contributed by atoms with van der Waals surface area (Å²) in [6.07, 6.45) is 8.32. The Bertz CT molecular complexity index is 424. The Morgan fingerprint density at radius 1 is 1.10 bits per heavy atom. The van der Waals surface area contributed by atoms with Gasteiger partial charge < -0.3 is 5.73 Å². The minimum absolute atomic E-state index is 0.310. The lowest BCUT2D eigenvalue weighted by molar-refractivity contribution is 0.110. The van der Waals surface area contributed by atoms with E-state index in [9.17, 15) is 8.42 Å². The summed E-state index contributed by atoms with van der Waals surface area (Å²) in [6, 6.07) is 0. The van der Waals surface area contributed by atoms with Gasteiger partial charge in [0, 0.05) is 18.6 Å². The van der Waals surface area contributed by atoms with Crippen LogP contribution in [0.2, 0.25) is 0 Å². The van der Waals surface area contributed by atoms with Gasteiger partial charge in [-0.15, -0.1) is 0 Å². The zero-order chi connectivity index (χ0) is 15.5. The smallest absolute Gasteiger partial charge is 0.214 e. The SMILES string of the molecule is CCCN(C1(CN)CCC(CC)CC1)S(=O)(=O)CC1CC1. The molecule has 21 heavy (non-hydrogen) atoms. The molecule has 0 unspecified atom stereocenters. The summed E-state index contributed by atoms with van der Waals surface area (Å²) in [7, 11) is -3.16. The highest BCUT2D eigenvalue weighted by Crippen LogP contribution is 2.40. The molecule has 2 rings (SSSR count). The molecule has 0 radical (unpaired) electrons. The fourth-order valence-electron chi connectivity index (χ4n) is 3.73. The van der Waals surface area contributed by atoms with Crippen molar-refractivity contribution in [1.82, 2.24) is 4.31 Å². The van der Waals surface area contributed by atoms with E-state index in [2.05, 4.69) is 13.8 Å². The van der Waals surface area contributed by atoms with Crippen molar-refractivity contribution in [1.29, 1.82) is 0 Å². The lowest BCUT2D eigenvalue weighted by atomic mass is 9.75. The monoisotopic (exact) mass is 316 g/mol. The minimum Gasteiger partial charge on any atom is -0.329 e. The molecule has 0 heterocycles. The summed E-state index contributed by atoms with van der Waals surface area (Å²) in [5.41, 5.74) is 5.78. The Labute approximate surface area is 130 Å². The average molecular weight is 317 g/mol. The highest BCUT2D eigenvalue weighted by Gasteiger charge is 2.45. The molecule has 0 aromatic rings. The van der Waals surface area contributed by atoms with Crippen LogP contribution in [0.3, 0.4) is 0 Å². The number of hydrogen-bond donors (Lipinski definition) is 1. The highest BCUT2D eigenvalue weighted by atomic mass is 32.2. The third kappa shape index (κ3) is 3.99. The molecule has 0 amide bonds. The second kappa shape index (κ2) is 6.97. The van der Waals surface area contributed by atoms with Gasteiger partial charge in [0.15, 0.2) is 0 Å². The number of hydrogen-bond acceptors (Lipinski definition) is 3. The summed E-state index contributed by atoms with van der Waals surface area (Å²) in [5, 5.41) is 0. The van der Waals surface area contributed by atoms with Crippen molar-refractivity contribution in [3.63, 3.8) is 0 Å². The molecule has 0 spiro atoms. The van der Waals surface area contributed by atoms with Crippen molar-refractivity contribution in [3.05, 3.63) is 0 Å². The lowest BCUT2D eigenvalue weighted by Gasteiger charge is -2.46. The van der Waals surface area contributed by atoms with E-state index in [4.69, 9.17) is 5.73 Å². The summed E-state index contributed by atoms with van der Waals surface area (Å²) in [6.45, 7) is 5.38. The van der Waals surface area contributed by atoms with E-state index in [1.807, 2.05) is 4.31 Å². The van der Waals surface area contributed by atoms with Crippen LogP contribution >= 0.6 is 0 Å². The molecule has 2 N–H and O–H groups in total. The molecular weight excluding hydrogens is 284 g/mol. The van der Waals surface area contributed by atoms with E-state index in [0.29, 0.717) is 24.8 Å². The predicted molar refractivity (Wildman–Crippen MR) is 87.5 cm³/mol. The highest BCUT2D eigenvalue weighted by molar-refractivity contribution is 7.89. The Hall–Kier alpha value is -0.130. The van der Waals surface area contributed by atoms with Crippen LogP contribution < -0.4 is 5.73 Å². The van der Waals surface area contributed by atoms with Gasteiger partial charge in [-0.2, -0.15) is 4.31 Å². The number of rotatable bonds is 8. The quantitative estimate of drug-likeness (QED) is 0.749. The first-order chi connectivity index (χ1) is 9.97. The average Bonchev–Trinajstić information content (AvgIpc) is 3.28. The normalized spacial score (nSPS) is 30.8. The molecule has 0 atom stereocenters. The van der Waals surface area contributed by atoms with Crippen molar-refractivity contribution in [3.8, 4) is 0 Å². The predicted octanol–water partition coefficient (Wildman–Crippen LogP) is 2.74. The Kier molecular flexibility index (Phi) is 5.71. The van der Waals surface area contributed by atoms with Crippen LogP contribution in [0.1, 0.15) is 65.2 Å². The van der Waals surface area contributed by atoms with E-state index in [1.54, 1.807) is 0 Å². The summed E-state index contributed by atoms with van der Waals surface area (Å²) >= 11 is 0. The molecule has 0 aromatic carbocycles. The first-order valence-electron chi connectivity index (χ1n) is 8.68. The standard InChI is InChI=1S/C16H32N2O2S/c1-3-11-18(21(19,20)12-15-5-6-15)16(13-17)9-7-14(4-2)8-10-16/h14-15H,3-13,17H2,1-2H3. The first kappa shape index (κ1) is 17.2. The van der Waals surface area contributed by atoms with Gasteiger partial charge in [0.25, 0.3) is 0 Å². The summed E-state index contributed by atoms with van der Waals surface area (Å²) in [5.74, 6) is 1.49. The van der Waals surface area contributed by atoms with Gasteiger partial charge in [0.1, 0.15) is 0 Å². The van der Waals surface area contributed by atoms with E-state index >= 15 is 0 Å². The fraction of sp³-hybridized carbons (Fsp3) is 1.00. The van der Waals surface area contributed by atoms with Crippen LogP contribution in [-0.2, 0) is 10.0 Å². The molecule has 2 aliphatic rings. The second-order valence-electron chi connectivity index (χ2n) is 7.07. The first-order valence-corrected chi connectivity index (χ1v) is 10.3.